The van der Waals surface area contributed by atoms with Gasteiger partial charge in [-0.3, -0.25) is 9.59 Å². The van der Waals surface area contributed by atoms with Crippen LogP contribution >= 0.6 is 0 Å². The quantitative estimate of drug-likeness (QED) is 0.150. The number of hydrogen-bond acceptors (Lipinski definition) is 7. The fourth-order valence-electron chi connectivity index (χ4n) is 4.49. The van der Waals surface area contributed by atoms with E-state index >= 15 is 0 Å². The first-order valence-corrected chi connectivity index (χ1v) is 10.6. The lowest BCUT2D eigenvalue weighted by Crippen LogP contribution is -2.24. The third kappa shape index (κ3) is 3.35. The summed E-state index contributed by atoms with van der Waals surface area (Å²) in [4.78, 5) is 26.3. The Morgan fingerprint density at radius 3 is 2.00 bits per heavy atom. The Balaban J connectivity index is 1.82. The molecule has 4 rings (SSSR count). The minimum Gasteiger partial charge on any atom is -0.507 e. The lowest BCUT2D eigenvalue weighted by Gasteiger charge is -2.23. The molecule has 0 unspecified atom stereocenters. The summed E-state index contributed by atoms with van der Waals surface area (Å²) >= 11 is 0. The van der Waals surface area contributed by atoms with Crippen molar-refractivity contribution in [3.05, 3.63) is 58.1 Å². The maximum absolute atomic E-state index is 13.2. The van der Waals surface area contributed by atoms with E-state index in [1.165, 1.54) is 6.07 Å². The van der Waals surface area contributed by atoms with Crippen LogP contribution in [0.3, 0.4) is 0 Å². The number of aromatic hydroxyl groups is 2. The maximum atomic E-state index is 13.2. The number of phenolic OH excluding ortho intramolecular Hbond substituents is 2. The molecule has 7 nitrogen and oxygen atoms in total. The number of ether oxygens (including phenoxy) is 1. The maximum Gasteiger partial charge on any atom is 0.196 e. The van der Waals surface area contributed by atoms with Gasteiger partial charge in [-0.15, -0.1) is 0 Å². The van der Waals surface area contributed by atoms with Gasteiger partial charge in [0.05, 0.1) is 33.3 Å². The van der Waals surface area contributed by atoms with Crippen LogP contribution in [0.4, 0.5) is 11.4 Å². The second-order valence-electron chi connectivity index (χ2n) is 8.09. The van der Waals surface area contributed by atoms with Gasteiger partial charge in [-0.2, -0.15) is 0 Å². The first-order chi connectivity index (χ1) is 15.4. The van der Waals surface area contributed by atoms with Gasteiger partial charge in [0.1, 0.15) is 11.5 Å². The molecule has 6 N–H and O–H groups in total. The van der Waals surface area contributed by atoms with E-state index in [0.29, 0.717) is 18.6 Å². The molecule has 32 heavy (non-hydrogen) atoms. The summed E-state index contributed by atoms with van der Waals surface area (Å²) in [6.45, 7) is 0.707. The fourth-order valence-corrected chi connectivity index (χ4v) is 4.49. The Bertz CT molecular complexity index is 1250. The third-order valence-electron chi connectivity index (χ3n) is 6.10. The lowest BCUT2D eigenvalue weighted by atomic mass is 9.80. The Hall–Kier alpha value is -3.58. The number of rotatable bonds is 7. The van der Waals surface area contributed by atoms with Crippen LogP contribution in [0.5, 0.6) is 11.5 Å². The van der Waals surface area contributed by atoms with E-state index in [9.17, 15) is 19.8 Å². The molecule has 1 aliphatic rings. The largest absolute Gasteiger partial charge is 0.507 e. The third-order valence-corrected chi connectivity index (χ3v) is 6.10. The molecule has 0 amide bonds. The van der Waals surface area contributed by atoms with Crippen LogP contribution in [0.2, 0.25) is 0 Å². The first kappa shape index (κ1) is 21.6. The van der Waals surface area contributed by atoms with Crippen LogP contribution in [0, 0.1) is 0 Å². The lowest BCUT2D eigenvalue weighted by molar-refractivity contribution is 0.0980. The standard InChI is InChI=1S/C25H26N2O5/c1-32-11-7-3-2-4-8-13-12-16(28)17-18(23(13)29)22(27)20-19(21(17)26)24(30)14-9-5-6-10-15(14)25(20)31/h5-6,9-10,12,28-29H,2-4,7-8,11,26-27H2,1H3. The van der Waals surface area contributed by atoms with Gasteiger partial charge in [0.25, 0.3) is 0 Å². The van der Waals surface area contributed by atoms with Crippen LogP contribution in [-0.4, -0.2) is 35.5 Å². The summed E-state index contributed by atoms with van der Waals surface area (Å²) < 4.78 is 5.05. The first-order valence-electron chi connectivity index (χ1n) is 10.6. The van der Waals surface area contributed by atoms with E-state index in [0.717, 1.165) is 25.7 Å². The van der Waals surface area contributed by atoms with Gasteiger partial charge in [0.15, 0.2) is 11.6 Å². The summed E-state index contributed by atoms with van der Waals surface area (Å²) in [5, 5.41) is 21.9. The molecule has 1 aliphatic carbocycles. The highest BCUT2D eigenvalue weighted by Crippen LogP contribution is 2.48. The van der Waals surface area contributed by atoms with E-state index in [-0.39, 0.29) is 55.9 Å². The molecule has 0 heterocycles. The molecule has 3 aromatic rings. The minimum absolute atomic E-state index is 0.0230. The Labute approximate surface area is 185 Å². The van der Waals surface area contributed by atoms with E-state index in [4.69, 9.17) is 16.2 Å². The average molecular weight is 434 g/mol. The predicted molar refractivity (Wildman–Crippen MR) is 123 cm³/mol. The van der Waals surface area contributed by atoms with E-state index in [1.807, 2.05) is 0 Å². The topological polar surface area (TPSA) is 136 Å². The van der Waals surface area contributed by atoms with Gasteiger partial charge in [-0.05, 0) is 30.9 Å². The van der Waals surface area contributed by atoms with Crippen molar-refractivity contribution in [3.8, 4) is 11.5 Å². The van der Waals surface area contributed by atoms with E-state index in [1.54, 1.807) is 31.4 Å². The summed E-state index contributed by atoms with van der Waals surface area (Å²) in [5.41, 5.74) is 13.5. The van der Waals surface area contributed by atoms with Gasteiger partial charge >= 0.3 is 0 Å². The van der Waals surface area contributed by atoms with Crippen LogP contribution in [0.15, 0.2) is 30.3 Å². The second-order valence-corrected chi connectivity index (χ2v) is 8.09. The number of nitrogens with two attached hydrogens (primary N) is 2. The monoisotopic (exact) mass is 434 g/mol. The average Bonchev–Trinajstić information content (AvgIpc) is 2.78. The fraction of sp³-hybridized carbons (Fsp3) is 0.280. The van der Waals surface area contributed by atoms with Crippen LogP contribution < -0.4 is 11.5 Å². The molecule has 0 fully saturated rings. The molecule has 0 saturated heterocycles. The summed E-state index contributed by atoms with van der Waals surface area (Å²) in [6, 6.07) is 7.92. The SMILES string of the molecule is COCCCCCCc1cc(O)c2c(N)c3c(c(N)c2c1O)C(=O)c1ccccc1C3=O. The molecule has 0 bridgehead atoms. The van der Waals surface area contributed by atoms with E-state index < -0.39 is 11.6 Å². The van der Waals surface area contributed by atoms with Crippen molar-refractivity contribution in [2.24, 2.45) is 0 Å². The highest BCUT2D eigenvalue weighted by atomic mass is 16.5. The van der Waals surface area contributed by atoms with Crippen LogP contribution in [-0.2, 0) is 11.2 Å². The van der Waals surface area contributed by atoms with Crippen molar-refractivity contribution in [1.82, 2.24) is 0 Å². The Morgan fingerprint density at radius 2 is 1.41 bits per heavy atom. The number of benzene rings is 3. The highest BCUT2D eigenvalue weighted by Gasteiger charge is 2.36. The number of phenols is 2. The van der Waals surface area contributed by atoms with Crippen LogP contribution in [0.25, 0.3) is 10.8 Å². The molecule has 3 aromatic carbocycles. The number of carbonyl (C=O) groups excluding carboxylic acids is 2. The minimum atomic E-state index is -0.430. The molecule has 0 spiro atoms. The van der Waals surface area contributed by atoms with Gasteiger partial charge in [-0.25, -0.2) is 0 Å². The Morgan fingerprint density at radius 1 is 0.844 bits per heavy atom. The Kier molecular flexibility index (Phi) is 5.76. The molecular formula is C25H26N2O5. The zero-order valence-electron chi connectivity index (χ0n) is 17.9. The normalized spacial score (nSPS) is 12.8. The molecule has 0 atom stereocenters. The number of carbonyl (C=O) groups is 2. The summed E-state index contributed by atoms with van der Waals surface area (Å²) in [5.74, 6) is -1.16. The van der Waals surface area contributed by atoms with Crippen molar-refractivity contribution in [1.29, 1.82) is 0 Å². The molecule has 0 aliphatic heterocycles. The molecule has 7 heteroatoms. The van der Waals surface area contributed by atoms with Crippen molar-refractivity contribution in [2.45, 2.75) is 32.1 Å². The van der Waals surface area contributed by atoms with Gasteiger partial charge in [-0.1, -0.05) is 37.1 Å². The zero-order valence-corrected chi connectivity index (χ0v) is 17.9. The van der Waals surface area contributed by atoms with Crippen LogP contribution in [0.1, 0.15) is 63.1 Å². The molecule has 0 saturated carbocycles. The summed E-state index contributed by atoms with van der Waals surface area (Å²) in [6.07, 6.45) is 4.21. The van der Waals surface area contributed by atoms with Gasteiger partial charge < -0.3 is 26.4 Å². The van der Waals surface area contributed by atoms with Gasteiger partial charge in [0.2, 0.25) is 0 Å². The number of aryl methyl sites for hydroxylation is 1. The number of hydrogen-bond donors (Lipinski definition) is 4. The zero-order chi connectivity index (χ0) is 23.0. The predicted octanol–water partition coefficient (Wildman–Crippen LogP) is 3.94. The van der Waals surface area contributed by atoms with Crippen molar-refractivity contribution in [2.75, 3.05) is 25.2 Å². The molecule has 0 aromatic heterocycles. The number of anilines is 2. The summed E-state index contributed by atoms with van der Waals surface area (Å²) in [7, 11) is 1.67. The van der Waals surface area contributed by atoms with E-state index in [2.05, 4.69) is 0 Å². The number of unbranched alkanes of at least 4 members (excludes halogenated alkanes) is 3. The molecule has 0 radical (unpaired) electrons. The van der Waals surface area contributed by atoms with Crippen molar-refractivity contribution >= 4 is 33.7 Å². The number of nitrogen functional groups attached to an aromatic ring is 2. The number of fused-ring (bicyclic) bond motifs is 3. The molecule has 166 valence electrons. The smallest absolute Gasteiger partial charge is 0.196 e. The second kappa shape index (κ2) is 8.51. The number of methoxy groups -OCH3 is 1. The highest BCUT2D eigenvalue weighted by molar-refractivity contribution is 6.35. The number of ketones is 2. The molecular weight excluding hydrogens is 408 g/mol. The van der Waals surface area contributed by atoms with Crippen molar-refractivity contribution in [3.63, 3.8) is 0 Å². The van der Waals surface area contributed by atoms with Gasteiger partial charge in [0, 0.05) is 24.8 Å². The van der Waals surface area contributed by atoms with Crippen molar-refractivity contribution < 1.29 is 24.5 Å².